The Labute approximate surface area is 84.6 Å². The first-order valence-electron chi connectivity index (χ1n) is 3.04. The standard InChI is InChI=1S/C7H2BrClF4/c8-3-1-2-4(10)5(6(3)9)7(11,12)13/h1-2H. The third-order valence-electron chi connectivity index (χ3n) is 1.33. The quantitative estimate of drug-likeness (QED) is 0.491. The lowest BCUT2D eigenvalue weighted by Gasteiger charge is -2.10. The van der Waals surface area contributed by atoms with Gasteiger partial charge in [-0.1, -0.05) is 11.6 Å². The van der Waals surface area contributed by atoms with Crippen LogP contribution in [0.15, 0.2) is 16.6 Å². The first-order chi connectivity index (χ1) is 5.84. The third kappa shape index (κ3) is 2.14. The summed E-state index contributed by atoms with van der Waals surface area (Å²) < 4.78 is 49.2. The molecule has 0 spiro atoms. The van der Waals surface area contributed by atoms with Gasteiger partial charge in [-0.05, 0) is 28.1 Å². The number of rotatable bonds is 0. The summed E-state index contributed by atoms with van der Waals surface area (Å²) in [4.78, 5) is 0. The molecule has 1 rings (SSSR count). The van der Waals surface area contributed by atoms with Crippen molar-refractivity contribution in [2.24, 2.45) is 0 Å². The minimum atomic E-state index is -4.77. The molecule has 0 heterocycles. The molecular formula is C7H2BrClF4. The molecular weight excluding hydrogens is 275 g/mol. The molecule has 0 aliphatic heterocycles. The highest BCUT2D eigenvalue weighted by Crippen LogP contribution is 2.39. The van der Waals surface area contributed by atoms with Crippen LogP contribution in [0.1, 0.15) is 5.56 Å². The van der Waals surface area contributed by atoms with E-state index in [0.29, 0.717) is 6.07 Å². The van der Waals surface area contributed by atoms with Crippen molar-refractivity contribution in [3.63, 3.8) is 0 Å². The predicted molar refractivity (Wildman–Crippen MR) is 44.1 cm³/mol. The van der Waals surface area contributed by atoms with Crippen molar-refractivity contribution in [3.05, 3.63) is 33.0 Å². The van der Waals surface area contributed by atoms with Crippen molar-refractivity contribution in [3.8, 4) is 0 Å². The Bertz CT molecular complexity index is 334. The Morgan fingerprint density at radius 3 is 2.15 bits per heavy atom. The summed E-state index contributed by atoms with van der Waals surface area (Å²) in [5.41, 5.74) is -1.44. The van der Waals surface area contributed by atoms with Crippen LogP contribution in [0.25, 0.3) is 0 Å². The fourth-order valence-electron chi connectivity index (χ4n) is 0.787. The first kappa shape index (κ1) is 10.8. The molecule has 0 aromatic heterocycles. The minimum absolute atomic E-state index is 0.0166. The van der Waals surface area contributed by atoms with Crippen molar-refractivity contribution in [1.82, 2.24) is 0 Å². The first-order valence-corrected chi connectivity index (χ1v) is 4.22. The van der Waals surface area contributed by atoms with Gasteiger partial charge in [0.25, 0.3) is 0 Å². The molecule has 0 aliphatic carbocycles. The van der Waals surface area contributed by atoms with E-state index in [4.69, 9.17) is 11.6 Å². The molecule has 0 atom stereocenters. The second kappa shape index (κ2) is 3.46. The van der Waals surface area contributed by atoms with E-state index >= 15 is 0 Å². The zero-order chi connectivity index (χ0) is 10.2. The summed E-state index contributed by atoms with van der Waals surface area (Å²) >= 11 is 8.05. The molecule has 0 radical (unpaired) electrons. The summed E-state index contributed by atoms with van der Waals surface area (Å²) in [6, 6.07) is 1.83. The second-order valence-corrected chi connectivity index (χ2v) is 3.45. The third-order valence-corrected chi connectivity index (χ3v) is 2.61. The van der Waals surface area contributed by atoms with Gasteiger partial charge in [0, 0.05) is 4.47 Å². The fraction of sp³-hybridized carbons (Fsp3) is 0.143. The van der Waals surface area contributed by atoms with E-state index in [1.165, 1.54) is 0 Å². The number of hydrogen-bond acceptors (Lipinski definition) is 0. The average Bonchev–Trinajstić information content (AvgIpc) is 1.95. The highest BCUT2D eigenvalue weighted by Gasteiger charge is 2.37. The topological polar surface area (TPSA) is 0 Å². The predicted octanol–water partition coefficient (Wildman–Crippen LogP) is 4.26. The van der Waals surface area contributed by atoms with Crippen molar-refractivity contribution in [2.75, 3.05) is 0 Å². The summed E-state index contributed by atoms with van der Waals surface area (Å²) in [7, 11) is 0. The molecule has 0 nitrogen and oxygen atoms in total. The minimum Gasteiger partial charge on any atom is -0.206 e. The monoisotopic (exact) mass is 276 g/mol. The van der Waals surface area contributed by atoms with Crippen LogP contribution in [0, 0.1) is 5.82 Å². The summed E-state index contributed by atoms with van der Waals surface area (Å²) in [6.07, 6.45) is -4.77. The molecule has 1 aromatic carbocycles. The van der Waals surface area contributed by atoms with Crippen molar-refractivity contribution < 1.29 is 17.6 Å². The smallest absolute Gasteiger partial charge is 0.206 e. The Morgan fingerprint density at radius 1 is 1.23 bits per heavy atom. The molecule has 13 heavy (non-hydrogen) atoms. The molecule has 0 amide bonds. The highest BCUT2D eigenvalue weighted by atomic mass is 79.9. The normalized spacial score (nSPS) is 11.8. The molecule has 0 saturated carbocycles. The van der Waals surface area contributed by atoms with E-state index in [9.17, 15) is 17.6 Å². The molecule has 0 N–H and O–H groups in total. The number of hydrogen-bond donors (Lipinski definition) is 0. The van der Waals surface area contributed by atoms with E-state index in [1.54, 1.807) is 0 Å². The summed E-state index contributed by atoms with van der Waals surface area (Å²) in [5.74, 6) is -1.37. The van der Waals surface area contributed by atoms with Gasteiger partial charge in [-0.2, -0.15) is 13.2 Å². The molecule has 6 heteroatoms. The summed E-state index contributed by atoms with van der Waals surface area (Å²) in [5, 5.41) is -0.660. The van der Waals surface area contributed by atoms with Crippen molar-refractivity contribution in [2.45, 2.75) is 6.18 Å². The maximum Gasteiger partial charge on any atom is 0.420 e. The van der Waals surface area contributed by atoms with Crippen LogP contribution in [-0.4, -0.2) is 0 Å². The Balaban J connectivity index is 3.43. The van der Waals surface area contributed by atoms with Gasteiger partial charge in [-0.25, -0.2) is 4.39 Å². The number of benzene rings is 1. The van der Waals surface area contributed by atoms with Gasteiger partial charge >= 0.3 is 6.18 Å². The molecule has 0 aliphatic rings. The van der Waals surface area contributed by atoms with Gasteiger partial charge in [-0.3, -0.25) is 0 Å². The van der Waals surface area contributed by atoms with E-state index in [2.05, 4.69) is 15.9 Å². The zero-order valence-electron chi connectivity index (χ0n) is 5.92. The van der Waals surface area contributed by atoms with Crippen molar-refractivity contribution >= 4 is 27.5 Å². The lowest BCUT2D eigenvalue weighted by molar-refractivity contribution is -0.139. The van der Waals surface area contributed by atoms with Gasteiger partial charge in [0.2, 0.25) is 0 Å². The van der Waals surface area contributed by atoms with Crippen LogP contribution in [0.4, 0.5) is 17.6 Å². The largest absolute Gasteiger partial charge is 0.420 e. The lowest BCUT2D eigenvalue weighted by Crippen LogP contribution is -2.09. The fourth-order valence-corrected chi connectivity index (χ4v) is 1.38. The van der Waals surface area contributed by atoms with Gasteiger partial charge in [0.05, 0.1) is 5.02 Å². The van der Waals surface area contributed by atoms with Crippen LogP contribution in [0.5, 0.6) is 0 Å². The van der Waals surface area contributed by atoms with Gasteiger partial charge in [-0.15, -0.1) is 0 Å². The van der Waals surface area contributed by atoms with E-state index in [1.807, 2.05) is 0 Å². The van der Waals surface area contributed by atoms with Crippen LogP contribution in [-0.2, 0) is 6.18 Å². The molecule has 1 aromatic rings. The molecule has 0 bridgehead atoms. The molecule has 0 unspecified atom stereocenters. The Hall–Kier alpha value is -0.290. The average molecular weight is 277 g/mol. The van der Waals surface area contributed by atoms with Gasteiger partial charge in [0.1, 0.15) is 11.4 Å². The van der Waals surface area contributed by atoms with E-state index in [0.717, 1.165) is 6.07 Å². The Morgan fingerprint density at radius 2 is 1.77 bits per heavy atom. The summed E-state index contributed by atoms with van der Waals surface area (Å²) in [6.45, 7) is 0. The maximum absolute atomic E-state index is 12.7. The van der Waals surface area contributed by atoms with Crippen molar-refractivity contribution in [1.29, 1.82) is 0 Å². The molecule has 0 saturated heterocycles. The van der Waals surface area contributed by atoms with Gasteiger partial charge in [0.15, 0.2) is 0 Å². The number of halogens is 6. The van der Waals surface area contributed by atoms with Crippen LogP contribution in [0.2, 0.25) is 5.02 Å². The molecule has 72 valence electrons. The van der Waals surface area contributed by atoms with Gasteiger partial charge < -0.3 is 0 Å². The highest BCUT2D eigenvalue weighted by molar-refractivity contribution is 9.10. The zero-order valence-corrected chi connectivity index (χ0v) is 8.26. The lowest BCUT2D eigenvalue weighted by atomic mass is 10.2. The SMILES string of the molecule is Fc1ccc(Br)c(Cl)c1C(F)(F)F. The maximum atomic E-state index is 12.7. The van der Waals surface area contributed by atoms with Crippen LogP contribution in [0.3, 0.4) is 0 Å². The van der Waals surface area contributed by atoms with Crippen LogP contribution >= 0.6 is 27.5 Å². The number of alkyl halides is 3. The molecule has 0 fully saturated rings. The second-order valence-electron chi connectivity index (χ2n) is 2.22. The van der Waals surface area contributed by atoms with E-state index in [-0.39, 0.29) is 4.47 Å². The Kier molecular flexibility index (Phi) is 2.87. The van der Waals surface area contributed by atoms with Crippen LogP contribution < -0.4 is 0 Å². The van der Waals surface area contributed by atoms with E-state index < -0.39 is 22.6 Å².